The van der Waals surface area contributed by atoms with Crippen molar-refractivity contribution < 1.29 is 34.3 Å². The van der Waals surface area contributed by atoms with Crippen molar-refractivity contribution in [1.82, 2.24) is 0 Å². The number of ether oxygens (including phenoxy) is 3. The first-order valence-electron chi connectivity index (χ1n) is 5.79. The normalized spacial score (nSPS) is 34.8. The van der Waals surface area contributed by atoms with Crippen molar-refractivity contribution in [2.45, 2.75) is 30.7 Å². The highest BCUT2D eigenvalue weighted by Gasteiger charge is 2.46. The topological polar surface area (TPSA) is 131 Å². The first-order chi connectivity index (χ1) is 9.04. The molecule has 0 aliphatic carbocycles. The Morgan fingerprint density at radius 1 is 1.42 bits per heavy atom. The maximum atomic E-state index is 11.2. The molecule has 0 saturated carbocycles. The number of aliphatic hydroxyl groups excluding tert-OH is 3. The minimum absolute atomic E-state index is 0.0856. The zero-order chi connectivity index (χ0) is 14.4. The minimum Gasteiger partial charge on any atom is -0.453 e. The molecule has 5 atom stereocenters. The maximum absolute atomic E-state index is 11.2. The van der Waals surface area contributed by atoms with E-state index in [1.807, 2.05) is 0 Å². The molecular weight excluding hydrogens is 258 g/mol. The lowest BCUT2D eigenvalue weighted by molar-refractivity contribution is -0.301. The molecule has 0 bridgehead atoms. The molecule has 1 rings (SSSR count). The van der Waals surface area contributed by atoms with E-state index in [0.29, 0.717) is 0 Å². The van der Waals surface area contributed by atoms with E-state index in [1.54, 1.807) is 0 Å². The van der Waals surface area contributed by atoms with Gasteiger partial charge in [-0.2, -0.15) is 0 Å². The average molecular weight is 277 g/mol. The van der Waals surface area contributed by atoms with Crippen LogP contribution in [-0.2, 0) is 19.0 Å². The maximum Gasteiger partial charge on any atom is 0.320 e. The van der Waals surface area contributed by atoms with E-state index in [-0.39, 0.29) is 13.2 Å². The number of carbonyl (C=O) groups excluding carboxylic acids is 1. The molecule has 0 aromatic rings. The van der Waals surface area contributed by atoms with Gasteiger partial charge in [0.15, 0.2) is 12.4 Å². The van der Waals surface area contributed by atoms with Crippen molar-refractivity contribution in [2.24, 2.45) is 5.73 Å². The molecule has 0 aromatic carbocycles. The molecule has 0 amide bonds. The number of nitrogens with two attached hydrogens (primary N) is 1. The van der Waals surface area contributed by atoms with Crippen molar-refractivity contribution in [2.75, 3.05) is 19.8 Å². The zero-order valence-corrected chi connectivity index (χ0v) is 10.3. The van der Waals surface area contributed by atoms with Gasteiger partial charge in [-0.05, 0) is 0 Å². The number of rotatable bonds is 6. The molecular formula is C11H19NO7. The van der Waals surface area contributed by atoms with Crippen LogP contribution < -0.4 is 5.73 Å². The first kappa shape index (κ1) is 16.0. The van der Waals surface area contributed by atoms with E-state index in [4.69, 9.17) is 25.1 Å². The van der Waals surface area contributed by atoms with Gasteiger partial charge in [-0.25, -0.2) is 0 Å². The highest BCUT2D eigenvalue weighted by atomic mass is 16.7. The second-order valence-electron chi connectivity index (χ2n) is 3.99. The summed E-state index contributed by atoms with van der Waals surface area (Å²) in [5, 5.41) is 28.6. The van der Waals surface area contributed by atoms with Crippen LogP contribution >= 0.6 is 0 Å². The standard InChI is InChI=1S/C11H19NO7/c1-2-3-17-11-10(19-7(14)4-12)9(16)8(15)6(5-13)18-11/h2,6,8-11,13,15-16H,1,3-5,12H2/t6-,8-,9+,10-,11?/m1/s1. The lowest BCUT2D eigenvalue weighted by Crippen LogP contribution is -2.60. The number of carbonyl (C=O) groups is 1. The van der Waals surface area contributed by atoms with Crippen LogP contribution in [0.4, 0.5) is 0 Å². The fourth-order valence-corrected chi connectivity index (χ4v) is 1.68. The molecule has 8 nitrogen and oxygen atoms in total. The molecule has 0 aromatic heterocycles. The Labute approximate surface area is 110 Å². The quantitative estimate of drug-likeness (QED) is 0.309. The Hall–Kier alpha value is -1.03. The molecule has 1 fully saturated rings. The lowest BCUT2D eigenvalue weighted by Gasteiger charge is -2.41. The lowest BCUT2D eigenvalue weighted by atomic mass is 9.99. The zero-order valence-electron chi connectivity index (χ0n) is 10.3. The monoisotopic (exact) mass is 277 g/mol. The van der Waals surface area contributed by atoms with Crippen molar-refractivity contribution >= 4 is 5.97 Å². The number of hydrogen-bond donors (Lipinski definition) is 4. The number of hydrogen-bond acceptors (Lipinski definition) is 8. The van der Waals surface area contributed by atoms with E-state index in [0.717, 1.165) is 0 Å². The Kier molecular flexibility index (Phi) is 6.35. The summed E-state index contributed by atoms with van der Waals surface area (Å²) in [6, 6.07) is 0. The third kappa shape index (κ3) is 3.96. The van der Waals surface area contributed by atoms with E-state index in [2.05, 4.69) is 6.58 Å². The fourth-order valence-electron chi connectivity index (χ4n) is 1.68. The number of aliphatic hydroxyl groups is 3. The molecule has 1 aliphatic heterocycles. The molecule has 110 valence electrons. The molecule has 0 spiro atoms. The average Bonchev–Trinajstić information content (AvgIpc) is 2.42. The van der Waals surface area contributed by atoms with Gasteiger partial charge in [-0.3, -0.25) is 4.79 Å². The van der Waals surface area contributed by atoms with E-state index >= 15 is 0 Å². The smallest absolute Gasteiger partial charge is 0.320 e. The van der Waals surface area contributed by atoms with Gasteiger partial charge in [0.2, 0.25) is 0 Å². The van der Waals surface area contributed by atoms with Crippen LogP contribution in [0.3, 0.4) is 0 Å². The molecule has 1 heterocycles. The summed E-state index contributed by atoms with van der Waals surface area (Å²) in [6.45, 7) is 2.65. The van der Waals surface area contributed by atoms with Gasteiger partial charge in [-0.15, -0.1) is 6.58 Å². The van der Waals surface area contributed by atoms with Crippen LogP contribution in [0.15, 0.2) is 12.7 Å². The van der Waals surface area contributed by atoms with Gasteiger partial charge in [-0.1, -0.05) is 6.08 Å². The van der Waals surface area contributed by atoms with E-state index < -0.39 is 43.3 Å². The van der Waals surface area contributed by atoms with E-state index in [9.17, 15) is 15.0 Å². The van der Waals surface area contributed by atoms with Crippen molar-refractivity contribution in [3.63, 3.8) is 0 Å². The highest BCUT2D eigenvalue weighted by Crippen LogP contribution is 2.24. The molecule has 1 unspecified atom stereocenters. The van der Waals surface area contributed by atoms with Crippen LogP contribution in [0.2, 0.25) is 0 Å². The highest BCUT2D eigenvalue weighted by molar-refractivity contribution is 5.71. The van der Waals surface area contributed by atoms with Crippen molar-refractivity contribution in [1.29, 1.82) is 0 Å². The summed E-state index contributed by atoms with van der Waals surface area (Å²) in [6.07, 6.45) is -4.79. The Bertz CT molecular complexity index is 311. The predicted molar refractivity (Wildman–Crippen MR) is 62.8 cm³/mol. The van der Waals surface area contributed by atoms with Crippen LogP contribution in [0.1, 0.15) is 0 Å². The Morgan fingerprint density at radius 2 is 2.11 bits per heavy atom. The minimum atomic E-state index is -1.45. The molecule has 19 heavy (non-hydrogen) atoms. The molecule has 5 N–H and O–H groups in total. The summed E-state index contributed by atoms with van der Waals surface area (Å²) >= 11 is 0. The molecule has 1 aliphatic rings. The second-order valence-corrected chi connectivity index (χ2v) is 3.99. The summed E-state index contributed by atoms with van der Waals surface area (Å²) in [4.78, 5) is 11.2. The van der Waals surface area contributed by atoms with Crippen LogP contribution in [-0.4, -0.2) is 71.8 Å². The van der Waals surface area contributed by atoms with Crippen LogP contribution in [0.25, 0.3) is 0 Å². The Balaban J connectivity index is 2.79. The second kappa shape index (κ2) is 7.53. The molecule has 0 radical (unpaired) electrons. The van der Waals surface area contributed by atoms with Gasteiger partial charge in [0.25, 0.3) is 0 Å². The van der Waals surface area contributed by atoms with Gasteiger partial charge >= 0.3 is 5.97 Å². The van der Waals surface area contributed by atoms with Crippen LogP contribution in [0, 0.1) is 0 Å². The largest absolute Gasteiger partial charge is 0.453 e. The van der Waals surface area contributed by atoms with Gasteiger partial charge in [0.1, 0.15) is 18.3 Å². The third-order valence-corrected chi connectivity index (χ3v) is 2.64. The van der Waals surface area contributed by atoms with Gasteiger partial charge in [0, 0.05) is 0 Å². The molecule has 8 heteroatoms. The first-order valence-corrected chi connectivity index (χ1v) is 5.79. The van der Waals surface area contributed by atoms with Crippen molar-refractivity contribution in [3.05, 3.63) is 12.7 Å². The SMILES string of the molecule is C=CCOC1O[C@H](CO)[C@@H](O)[C@H](O)[C@H]1OC(=O)CN. The molecule has 1 saturated heterocycles. The summed E-state index contributed by atoms with van der Waals surface area (Å²) in [5.41, 5.74) is 5.11. The Morgan fingerprint density at radius 3 is 2.63 bits per heavy atom. The summed E-state index contributed by atoms with van der Waals surface area (Å²) in [7, 11) is 0. The van der Waals surface area contributed by atoms with Gasteiger partial charge < -0.3 is 35.3 Å². The fraction of sp³-hybridized carbons (Fsp3) is 0.727. The van der Waals surface area contributed by atoms with Crippen LogP contribution in [0.5, 0.6) is 0 Å². The summed E-state index contributed by atoms with van der Waals surface area (Å²) in [5.74, 6) is -0.769. The van der Waals surface area contributed by atoms with E-state index in [1.165, 1.54) is 6.08 Å². The predicted octanol–water partition coefficient (Wildman–Crippen LogP) is -2.50. The summed E-state index contributed by atoms with van der Waals surface area (Å²) < 4.78 is 15.3. The number of esters is 1. The van der Waals surface area contributed by atoms with Crippen molar-refractivity contribution in [3.8, 4) is 0 Å². The third-order valence-electron chi connectivity index (χ3n) is 2.64. The van der Waals surface area contributed by atoms with Gasteiger partial charge in [0.05, 0.1) is 19.8 Å².